The molecular formula is C35H43N3O4S. The average molecular weight is 602 g/mol. The van der Waals surface area contributed by atoms with Crippen molar-refractivity contribution in [1.29, 1.82) is 0 Å². The number of aliphatic carboxylic acids is 1. The van der Waals surface area contributed by atoms with Crippen molar-refractivity contribution in [3.8, 4) is 5.75 Å². The van der Waals surface area contributed by atoms with Gasteiger partial charge in [-0.3, -0.25) is 4.79 Å². The molecule has 1 aromatic heterocycles. The first-order valence-corrected chi connectivity index (χ1v) is 15.5. The molecule has 0 fully saturated rings. The first-order chi connectivity index (χ1) is 20.5. The molecule has 0 aliphatic carbocycles. The fraction of sp³-hybridized carbons (Fsp3) is 0.371. The molecule has 43 heavy (non-hydrogen) atoms. The second-order valence-corrected chi connectivity index (χ2v) is 12.6. The van der Waals surface area contributed by atoms with Gasteiger partial charge >= 0.3 is 5.97 Å². The molecule has 0 bridgehead atoms. The van der Waals surface area contributed by atoms with Crippen molar-refractivity contribution in [1.82, 2.24) is 5.32 Å². The van der Waals surface area contributed by atoms with Crippen LogP contribution in [0.1, 0.15) is 104 Å². The second kappa shape index (κ2) is 16.0. The van der Waals surface area contributed by atoms with Crippen molar-refractivity contribution in [2.75, 3.05) is 6.61 Å². The van der Waals surface area contributed by atoms with Crippen LogP contribution in [0.5, 0.6) is 5.75 Å². The number of carbonyl (C=O) groups excluding carboxylic acids is 1. The predicted octanol–water partition coefficient (Wildman–Crippen LogP) is 8.46. The van der Waals surface area contributed by atoms with Gasteiger partial charge in [-0.05, 0) is 66.4 Å². The third-order valence-corrected chi connectivity index (χ3v) is 8.46. The van der Waals surface area contributed by atoms with Gasteiger partial charge in [-0.2, -0.15) is 0 Å². The van der Waals surface area contributed by atoms with Crippen LogP contribution in [0.3, 0.4) is 0 Å². The Hall–Kier alpha value is -4.04. The molecule has 1 unspecified atom stereocenters. The fourth-order valence-corrected chi connectivity index (χ4v) is 5.29. The maximum absolute atomic E-state index is 12.9. The molecular weight excluding hydrogens is 558 g/mol. The van der Waals surface area contributed by atoms with Gasteiger partial charge in [0.05, 0.1) is 11.5 Å². The molecule has 0 saturated carbocycles. The number of unbranched alkanes of at least 4 members (excludes halogenated alkanes) is 4. The summed E-state index contributed by atoms with van der Waals surface area (Å²) in [7, 11) is 0. The second-order valence-electron chi connectivity index (χ2n) is 11.5. The van der Waals surface area contributed by atoms with Gasteiger partial charge in [0.15, 0.2) is 11.9 Å². The van der Waals surface area contributed by atoms with E-state index in [1.54, 1.807) is 36.5 Å². The lowest BCUT2D eigenvalue weighted by Crippen LogP contribution is -2.33. The molecule has 2 aromatic carbocycles. The third-order valence-electron chi connectivity index (χ3n) is 6.95. The van der Waals surface area contributed by atoms with Crippen LogP contribution in [-0.4, -0.2) is 36.1 Å². The molecule has 0 spiro atoms. The Morgan fingerprint density at radius 3 is 2.21 bits per heavy atom. The van der Waals surface area contributed by atoms with E-state index < -0.39 is 17.9 Å². The number of amidine groups is 1. The number of hydrogen-bond donors (Lipinski definition) is 2. The first kappa shape index (κ1) is 33.5. The van der Waals surface area contributed by atoms with Gasteiger partial charge in [0, 0.05) is 16.6 Å². The summed E-state index contributed by atoms with van der Waals surface area (Å²) in [5.41, 5.74) is 2.98. The molecule has 1 amide bonds. The van der Waals surface area contributed by atoms with E-state index >= 15 is 0 Å². The van der Waals surface area contributed by atoms with Crippen LogP contribution in [0.2, 0.25) is 0 Å². The highest BCUT2D eigenvalue weighted by Gasteiger charge is 2.25. The number of nitrogens with zero attached hydrogens (tertiary/aromatic N) is 2. The molecule has 3 aromatic rings. The van der Waals surface area contributed by atoms with Crippen molar-refractivity contribution >= 4 is 41.3 Å². The van der Waals surface area contributed by atoms with Crippen LogP contribution < -0.4 is 10.1 Å². The lowest BCUT2D eigenvalue weighted by atomic mass is 9.95. The number of benzene rings is 2. The summed E-state index contributed by atoms with van der Waals surface area (Å²) in [5, 5.41) is 12.5. The van der Waals surface area contributed by atoms with E-state index in [1.165, 1.54) is 37.0 Å². The molecule has 0 aliphatic heterocycles. The molecule has 0 aliphatic rings. The van der Waals surface area contributed by atoms with E-state index in [-0.39, 0.29) is 5.41 Å². The van der Waals surface area contributed by atoms with Gasteiger partial charge in [-0.15, -0.1) is 11.3 Å². The van der Waals surface area contributed by atoms with Gasteiger partial charge in [0.1, 0.15) is 5.75 Å². The molecule has 8 heteroatoms. The van der Waals surface area contributed by atoms with Crippen molar-refractivity contribution in [3.63, 3.8) is 0 Å². The van der Waals surface area contributed by atoms with Crippen molar-refractivity contribution in [2.45, 2.75) is 78.2 Å². The van der Waals surface area contributed by atoms with E-state index in [0.717, 1.165) is 34.8 Å². The largest absolute Gasteiger partial charge is 0.494 e. The maximum Gasteiger partial charge on any atom is 0.330 e. The highest BCUT2D eigenvalue weighted by Crippen LogP contribution is 2.30. The number of thiophene rings is 1. The van der Waals surface area contributed by atoms with E-state index in [1.807, 2.05) is 37.3 Å². The number of nitrogens with one attached hydrogen (secondary N) is 1. The maximum atomic E-state index is 12.9. The normalized spacial score (nSPS) is 13.0. The molecule has 0 radical (unpaired) electrons. The summed E-state index contributed by atoms with van der Waals surface area (Å²) in [4.78, 5) is 35.0. The number of amides is 1. The number of hydrogen-bond acceptors (Lipinski definition) is 5. The minimum Gasteiger partial charge on any atom is -0.494 e. The fourth-order valence-electron chi connectivity index (χ4n) is 4.33. The standard InChI is InChI=1S/C35H43N3O4S/c1-7-8-9-10-11-22-42-28-18-16-25(17-19-28)24(2)23-37-32(36-6)27-14-12-26(13-15-27)31(34(40)41)38-33(39)29-20-21-30(43-29)35(3,4)5/h12-21,23,31H,6-11,22H2,1-5H3,(H,38,39)(H,40,41)/b24-23+,37-32?. The highest BCUT2D eigenvalue weighted by molar-refractivity contribution is 7.14. The average Bonchev–Trinajstić information content (AvgIpc) is 3.50. The molecule has 228 valence electrons. The lowest BCUT2D eigenvalue weighted by Gasteiger charge is -2.16. The summed E-state index contributed by atoms with van der Waals surface area (Å²) in [6.45, 7) is 14.8. The number of carbonyl (C=O) groups is 2. The first-order valence-electron chi connectivity index (χ1n) is 14.7. The zero-order chi connectivity index (χ0) is 31.4. The number of rotatable bonds is 14. The summed E-state index contributed by atoms with van der Waals surface area (Å²) in [6.07, 6.45) is 7.75. The van der Waals surface area contributed by atoms with Gasteiger partial charge in [-0.1, -0.05) is 89.8 Å². The Labute approximate surface area is 259 Å². The summed E-state index contributed by atoms with van der Waals surface area (Å²) in [5.74, 6) is -0.316. The van der Waals surface area contributed by atoms with Gasteiger partial charge in [0.25, 0.3) is 5.91 Å². The quantitative estimate of drug-likeness (QED) is 0.110. The number of allylic oxidation sites excluding steroid dienone is 1. The Morgan fingerprint density at radius 1 is 0.977 bits per heavy atom. The monoisotopic (exact) mass is 601 g/mol. The van der Waals surface area contributed by atoms with Crippen LogP contribution in [0.4, 0.5) is 0 Å². The summed E-state index contributed by atoms with van der Waals surface area (Å²) in [6, 6.07) is 17.1. The molecule has 7 nitrogen and oxygen atoms in total. The van der Waals surface area contributed by atoms with Crippen LogP contribution in [-0.2, 0) is 10.2 Å². The van der Waals surface area contributed by atoms with Gasteiger partial charge in [-0.25, -0.2) is 14.8 Å². The van der Waals surface area contributed by atoms with E-state index in [4.69, 9.17) is 4.74 Å². The topological polar surface area (TPSA) is 100 Å². The zero-order valence-corrected chi connectivity index (χ0v) is 26.7. The van der Waals surface area contributed by atoms with Gasteiger partial charge < -0.3 is 15.2 Å². The number of aliphatic imine (C=N–C) groups is 2. The van der Waals surface area contributed by atoms with E-state index in [2.05, 4.69) is 49.7 Å². The number of carboxylic acid groups (broad SMARTS) is 1. The minimum atomic E-state index is -1.20. The number of ether oxygens (including phenoxy) is 1. The molecule has 1 atom stereocenters. The van der Waals surface area contributed by atoms with Crippen molar-refractivity contribution < 1.29 is 19.4 Å². The summed E-state index contributed by atoms with van der Waals surface area (Å²) >= 11 is 1.37. The van der Waals surface area contributed by atoms with Crippen molar-refractivity contribution in [2.24, 2.45) is 9.98 Å². The Kier molecular flexibility index (Phi) is 12.4. The Morgan fingerprint density at radius 2 is 1.63 bits per heavy atom. The van der Waals surface area contributed by atoms with Gasteiger partial charge in [0.2, 0.25) is 0 Å². The smallest absolute Gasteiger partial charge is 0.330 e. The summed E-state index contributed by atoms with van der Waals surface area (Å²) < 4.78 is 5.86. The molecule has 0 saturated heterocycles. The predicted molar refractivity (Wildman–Crippen MR) is 178 cm³/mol. The third kappa shape index (κ3) is 10.0. The lowest BCUT2D eigenvalue weighted by molar-refractivity contribution is -0.139. The minimum absolute atomic E-state index is 0.0933. The van der Waals surface area contributed by atoms with E-state index in [9.17, 15) is 14.7 Å². The highest BCUT2D eigenvalue weighted by atomic mass is 32.1. The van der Waals surface area contributed by atoms with Crippen LogP contribution >= 0.6 is 11.3 Å². The van der Waals surface area contributed by atoms with Crippen LogP contribution in [0.25, 0.3) is 5.57 Å². The SMILES string of the molecule is C=NC(=N/C=C(\C)c1ccc(OCCCCCCC)cc1)c1ccc(C(NC(=O)c2ccc(C(C)(C)C)s2)C(=O)O)cc1. The number of carboxylic acids is 1. The van der Waals surface area contributed by atoms with Crippen LogP contribution in [0, 0.1) is 0 Å². The zero-order valence-electron chi connectivity index (χ0n) is 25.9. The molecule has 3 rings (SSSR count). The van der Waals surface area contributed by atoms with Crippen molar-refractivity contribution in [3.05, 3.63) is 93.3 Å². The van der Waals surface area contributed by atoms with E-state index in [0.29, 0.717) is 21.8 Å². The molecule has 2 N–H and O–H groups in total. The Bertz CT molecular complexity index is 1430. The van der Waals surface area contributed by atoms with Crippen LogP contribution in [0.15, 0.2) is 76.8 Å². The molecule has 1 heterocycles. The Balaban J connectivity index is 1.65.